The van der Waals surface area contributed by atoms with Gasteiger partial charge in [-0.15, -0.1) is 0 Å². The van der Waals surface area contributed by atoms with Gasteiger partial charge in [-0.3, -0.25) is 14.5 Å². The number of carbonyl (C=O) groups excluding carboxylic acids is 2. The summed E-state index contributed by atoms with van der Waals surface area (Å²) < 4.78 is 0. The third-order valence-electron chi connectivity index (χ3n) is 4.71. The number of hydrogen-bond acceptors (Lipinski definition) is 4. The van der Waals surface area contributed by atoms with Crippen molar-refractivity contribution in [1.82, 2.24) is 5.32 Å². The first-order chi connectivity index (χ1) is 14.0. The van der Waals surface area contributed by atoms with Crippen LogP contribution in [0.3, 0.4) is 0 Å². The molecule has 1 heterocycles. The molecular weight excluding hydrogens is 382 g/mol. The maximum Gasteiger partial charge on any atom is 0.264 e. The van der Waals surface area contributed by atoms with E-state index in [0.29, 0.717) is 30.1 Å². The molecule has 0 spiro atoms. The molecular formula is C23H23N3O2S. The molecule has 3 rings (SSSR count). The minimum absolute atomic E-state index is 0.0204. The molecule has 1 aliphatic heterocycles. The summed E-state index contributed by atoms with van der Waals surface area (Å²) >= 11 is 1.29. The van der Waals surface area contributed by atoms with Gasteiger partial charge in [0.05, 0.1) is 5.25 Å². The summed E-state index contributed by atoms with van der Waals surface area (Å²) in [5, 5.41) is 12.6. The molecule has 2 aromatic rings. The third kappa shape index (κ3) is 4.69. The molecule has 1 fully saturated rings. The van der Waals surface area contributed by atoms with Crippen LogP contribution in [0, 0.1) is 18.3 Å². The van der Waals surface area contributed by atoms with Gasteiger partial charge < -0.3 is 5.32 Å². The van der Waals surface area contributed by atoms with Gasteiger partial charge in [0.2, 0.25) is 5.91 Å². The molecule has 0 saturated carbocycles. The monoisotopic (exact) mass is 405 g/mol. The first kappa shape index (κ1) is 20.7. The Balaban J connectivity index is 1.84. The summed E-state index contributed by atoms with van der Waals surface area (Å²) in [4.78, 5) is 27.2. The number of rotatable bonds is 6. The summed E-state index contributed by atoms with van der Waals surface area (Å²) in [7, 11) is 0. The van der Waals surface area contributed by atoms with E-state index in [1.807, 2.05) is 74.5 Å². The minimum atomic E-state index is -0.451. The maximum atomic E-state index is 12.9. The lowest BCUT2D eigenvalue weighted by atomic mass is 10.1. The number of benzene rings is 2. The molecule has 2 aromatic carbocycles. The molecule has 0 bridgehead atoms. The Morgan fingerprint density at radius 2 is 1.86 bits per heavy atom. The van der Waals surface area contributed by atoms with Gasteiger partial charge in [0.1, 0.15) is 16.7 Å². The van der Waals surface area contributed by atoms with Crippen molar-refractivity contribution < 1.29 is 9.59 Å². The third-order valence-corrected chi connectivity index (χ3v) is 6.14. The summed E-state index contributed by atoms with van der Waals surface area (Å²) in [6, 6.07) is 19.4. The number of nitriles is 1. The zero-order valence-corrected chi connectivity index (χ0v) is 17.3. The average Bonchev–Trinajstić information content (AvgIpc) is 3.06. The van der Waals surface area contributed by atoms with Crippen LogP contribution in [-0.2, 0) is 16.0 Å². The van der Waals surface area contributed by atoms with Crippen LogP contribution in [0.15, 0.2) is 65.2 Å². The molecule has 0 radical (unpaired) electrons. The van der Waals surface area contributed by atoms with Crippen LogP contribution in [0.2, 0.25) is 0 Å². The molecule has 1 atom stereocenters. The fourth-order valence-electron chi connectivity index (χ4n) is 3.10. The molecule has 5 nitrogen and oxygen atoms in total. The van der Waals surface area contributed by atoms with E-state index in [-0.39, 0.29) is 16.7 Å². The van der Waals surface area contributed by atoms with Gasteiger partial charge in [0.15, 0.2) is 0 Å². The minimum Gasteiger partial charge on any atom is -0.351 e. The van der Waals surface area contributed by atoms with Crippen molar-refractivity contribution in [2.75, 3.05) is 11.4 Å². The summed E-state index contributed by atoms with van der Waals surface area (Å²) in [5.41, 5.74) is 2.83. The Hall–Kier alpha value is -3.04. The lowest BCUT2D eigenvalue weighted by molar-refractivity contribution is -0.117. The highest BCUT2D eigenvalue weighted by Crippen LogP contribution is 2.41. The van der Waals surface area contributed by atoms with Crippen LogP contribution in [0.1, 0.15) is 24.5 Å². The molecule has 0 aromatic heterocycles. The Kier molecular flexibility index (Phi) is 6.73. The van der Waals surface area contributed by atoms with Crippen molar-refractivity contribution in [3.8, 4) is 6.07 Å². The van der Waals surface area contributed by atoms with Crippen LogP contribution in [0.4, 0.5) is 5.69 Å². The predicted molar refractivity (Wildman–Crippen MR) is 116 cm³/mol. The molecule has 1 saturated heterocycles. The zero-order valence-electron chi connectivity index (χ0n) is 16.5. The van der Waals surface area contributed by atoms with Crippen molar-refractivity contribution in [2.45, 2.75) is 31.9 Å². The molecule has 29 heavy (non-hydrogen) atoms. The van der Waals surface area contributed by atoms with Gasteiger partial charge in [-0.05, 0) is 37.5 Å². The van der Waals surface area contributed by atoms with E-state index in [1.54, 1.807) is 0 Å². The fraction of sp³-hybridized carbons (Fsp3) is 0.261. The Labute approximate surface area is 175 Å². The number of carbonyl (C=O) groups is 2. The summed E-state index contributed by atoms with van der Waals surface area (Å²) in [5.74, 6) is -0.547. The molecule has 0 aliphatic carbocycles. The van der Waals surface area contributed by atoms with E-state index in [9.17, 15) is 14.9 Å². The van der Waals surface area contributed by atoms with Gasteiger partial charge >= 0.3 is 0 Å². The van der Waals surface area contributed by atoms with Gasteiger partial charge in [0.25, 0.3) is 5.91 Å². The van der Waals surface area contributed by atoms with Crippen LogP contribution in [0.5, 0.6) is 0 Å². The van der Waals surface area contributed by atoms with E-state index in [2.05, 4.69) is 5.32 Å². The number of aryl methyl sites for hydroxylation is 1. The predicted octanol–water partition coefficient (Wildman–Crippen LogP) is 3.95. The van der Waals surface area contributed by atoms with Gasteiger partial charge in [-0.2, -0.15) is 5.26 Å². The highest BCUT2D eigenvalue weighted by molar-refractivity contribution is 8.05. The SMILES string of the molecule is CC[C@H]1S/C(=C(\C#N)C(=O)NCCc2ccccc2)N(c2ccc(C)cc2)C1=O. The summed E-state index contributed by atoms with van der Waals surface area (Å²) in [6.07, 6.45) is 1.30. The average molecular weight is 406 g/mol. The molecule has 2 amide bonds. The van der Waals surface area contributed by atoms with Crippen LogP contribution in [-0.4, -0.2) is 23.6 Å². The first-order valence-corrected chi connectivity index (χ1v) is 10.5. The number of hydrogen-bond donors (Lipinski definition) is 1. The second kappa shape index (κ2) is 9.44. The van der Waals surface area contributed by atoms with E-state index >= 15 is 0 Å². The van der Waals surface area contributed by atoms with E-state index in [0.717, 1.165) is 11.1 Å². The van der Waals surface area contributed by atoms with Gasteiger partial charge in [0, 0.05) is 12.2 Å². The molecule has 1 aliphatic rings. The highest BCUT2D eigenvalue weighted by Gasteiger charge is 2.39. The lowest BCUT2D eigenvalue weighted by Gasteiger charge is -2.19. The van der Waals surface area contributed by atoms with Crippen molar-refractivity contribution in [2.24, 2.45) is 0 Å². The van der Waals surface area contributed by atoms with E-state index in [4.69, 9.17) is 0 Å². The Morgan fingerprint density at radius 3 is 2.48 bits per heavy atom. The standard InChI is InChI=1S/C23H23N3O2S/c1-3-20-22(28)26(18-11-9-16(2)10-12-18)23(29-20)19(15-24)21(27)25-14-13-17-7-5-4-6-8-17/h4-12,20H,3,13-14H2,1-2H3,(H,25,27)/b23-19+/t20-/m1/s1. The first-order valence-electron chi connectivity index (χ1n) is 9.59. The Bertz CT molecular complexity index is 962. The van der Waals surface area contributed by atoms with Crippen molar-refractivity contribution in [1.29, 1.82) is 5.26 Å². The second-order valence-electron chi connectivity index (χ2n) is 6.81. The van der Waals surface area contributed by atoms with Gasteiger partial charge in [-0.25, -0.2) is 0 Å². The van der Waals surface area contributed by atoms with Crippen molar-refractivity contribution >= 4 is 29.3 Å². The van der Waals surface area contributed by atoms with Crippen LogP contribution < -0.4 is 10.2 Å². The van der Waals surface area contributed by atoms with Gasteiger partial charge in [-0.1, -0.05) is 66.7 Å². The largest absolute Gasteiger partial charge is 0.351 e. The molecule has 0 unspecified atom stereocenters. The lowest BCUT2D eigenvalue weighted by Crippen LogP contribution is -2.32. The van der Waals surface area contributed by atoms with E-state index in [1.165, 1.54) is 16.7 Å². The number of nitrogens with one attached hydrogen (secondary N) is 1. The fourth-order valence-corrected chi connectivity index (χ4v) is 4.30. The molecule has 1 N–H and O–H groups in total. The molecule has 6 heteroatoms. The van der Waals surface area contributed by atoms with Crippen LogP contribution >= 0.6 is 11.8 Å². The number of nitrogens with zero attached hydrogens (tertiary/aromatic N) is 2. The van der Waals surface area contributed by atoms with Crippen molar-refractivity contribution in [3.05, 3.63) is 76.3 Å². The topological polar surface area (TPSA) is 73.2 Å². The number of anilines is 1. The quantitative estimate of drug-likeness (QED) is 0.583. The zero-order chi connectivity index (χ0) is 20.8. The molecule has 148 valence electrons. The summed E-state index contributed by atoms with van der Waals surface area (Å²) in [6.45, 7) is 4.32. The normalized spacial score (nSPS) is 17.8. The smallest absolute Gasteiger partial charge is 0.264 e. The second-order valence-corrected chi connectivity index (χ2v) is 8.00. The highest BCUT2D eigenvalue weighted by atomic mass is 32.2. The number of amides is 2. The van der Waals surface area contributed by atoms with Crippen molar-refractivity contribution in [3.63, 3.8) is 0 Å². The maximum absolute atomic E-state index is 12.9. The Morgan fingerprint density at radius 1 is 1.17 bits per heavy atom. The van der Waals surface area contributed by atoms with E-state index < -0.39 is 5.91 Å². The number of thioether (sulfide) groups is 1. The van der Waals surface area contributed by atoms with Crippen LogP contribution in [0.25, 0.3) is 0 Å².